The zero-order chi connectivity index (χ0) is 19.0. The van der Waals surface area contributed by atoms with Crippen LogP contribution in [0.5, 0.6) is 0 Å². The summed E-state index contributed by atoms with van der Waals surface area (Å²) in [5.41, 5.74) is -1.33. The minimum absolute atomic E-state index is 0.147. The lowest BCUT2D eigenvalue weighted by Gasteiger charge is -2.33. The maximum atomic E-state index is 13.9. The summed E-state index contributed by atoms with van der Waals surface area (Å²) in [6, 6.07) is 3.03. The summed E-state index contributed by atoms with van der Waals surface area (Å²) >= 11 is -1.38. The summed E-state index contributed by atoms with van der Waals surface area (Å²) < 4.78 is 46.2. The Hall–Kier alpha value is -1.18. The van der Waals surface area contributed by atoms with Gasteiger partial charge in [0.25, 0.3) is 0 Å². The number of rotatable bonds is 6. The smallest absolute Gasteiger partial charge is 0.336 e. The van der Waals surface area contributed by atoms with Crippen LogP contribution in [-0.2, 0) is 26.4 Å². The number of hydrogen-bond donors (Lipinski definition) is 2. The molecule has 0 spiro atoms. The highest BCUT2D eigenvalue weighted by Gasteiger charge is 2.59. The molecule has 1 aromatic carbocycles. The molecule has 2 rings (SSSR count). The predicted molar refractivity (Wildman–Crippen MR) is 94.9 cm³/mol. The molecule has 1 aromatic rings. The summed E-state index contributed by atoms with van der Waals surface area (Å²) in [4.78, 5) is 13.0. The number of nitrogens with one attached hydrogen (secondary N) is 1. The lowest BCUT2D eigenvalue weighted by molar-refractivity contribution is -0.156. The largest absolute Gasteiger partial charge is 0.461 e. The summed E-state index contributed by atoms with van der Waals surface area (Å²) in [6.45, 7) is 8.89. The van der Waals surface area contributed by atoms with Crippen molar-refractivity contribution in [1.82, 2.24) is 4.72 Å². The molecule has 25 heavy (non-hydrogen) atoms. The molecule has 0 aromatic heterocycles. The minimum Gasteiger partial charge on any atom is -0.461 e. The Balaban J connectivity index is 2.57. The molecule has 0 heterocycles. The highest BCUT2D eigenvalue weighted by atomic mass is 32.2. The zero-order valence-electron chi connectivity index (χ0n) is 15.2. The highest BCUT2D eigenvalue weighted by Crippen LogP contribution is 2.48. The summed E-state index contributed by atoms with van der Waals surface area (Å²) in [5.74, 6) is -2.35. The fourth-order valence-electron chi connectivity index (χ4n) is 2.61. The van der Waals surface area contributed by atoms with E-state index in [1.54, 1.807) is 13.8 Å². The molecule has 4 nitrogen and oxygen atoms in total. The van der Waals surface area contributed by atoms with Gasteiger partial charge >= 0.3 is 5.97 Å². The average Bonchev–Trinajstić information content (AvgIpc) is 3.26. The van der Waals surface area contributed by atoms with Gasteiger partial charge in [0.2, 0.25) is 11.4 Å². The van der Waals surface area contributed by atoms with Crippen LogP contribution in [0.25, 0.3) is 0 Å². The van der Waals surface area contributed by atoms with Crippen molar-refractivity contribution < 1.29 is 22.9 Å². The Kier molecular flexibility index (Phi) is 5.81. The zero-order valence-corrected chi connectivity index (χ0v) is 16.0. The van der Waals surface area contributed by atoms with Gasteiger partial charge in [0.05, 0.1) is 6.10 Å². The Labute approximate surface area is 150 Å². The van der Waals surface area contributed by atoms with Crippen molar-refractivity contribution in [2.24, 2.45) is 5.92 Å². The monoisotopic (exact) mass is 374 g/mol. The molecule has 2 N–H and O–H groups in total. The molecule has 1 saturated carbocycles. The van der Waals surface area contributed by atoms with E-state index in [1.165, 1.54) is 0 Å². The van der Waals surface area contributed by atoms with Crippen molar-refractivity contribution in [3.63, 3.8) is 0 Å². The first kappa shape index (κ1) is 20.1. The molecule has 0 amide bonds. The van der Waals surface area contributed by atoms with Crippen LogP contribution < -0.4 is 4.72 Å². The first-order chi connectivity index (χ1) is 11.5. The van der Waals surface area contributed by atoms with E-state index in [0.717, 1.165) is 18.2 Å². The van der Waals surface area contributed by atoms with Gasteiger partial charge in [0.15, 0.2) is 10.3 Å². The molecule has 0 radical (unpaired) electrons. The third kappa shape index (κ3) is 4.51. The van der Waals surface area contributed by atoms with E-state index >= 15 is 0 Å². The lowest BCUT2D eigenvalue weighted by Crippen LogP contribution is -2.58. The molecular weight excluding hydrogens is 348 g/mol. The Morgan fingerprint density at radius 1 is 1.24 bits per heavy atom. The van der Waals surface area contributed by atoms with Crippen LogP contribution in [0.3, 0.4) is 0 Å². The number of halogens is 2. The molecule has 7 heteroatoms. The SMILES string of the molecule is CC(C)OC(=O)[C@](N[S+](O)C(C)(C)C)(c1cc(F)cc(F)c1)C1CC1. The molecule has 0 aliphatic heterocycles. The van der Waals surface area contributed by atoms with Crippen molar-refractivity contribution in [3.05, 3.63) is 35.4 Å². The van der Waals surface area contributed by atoms with Crippen molar-refractivity contribution >= 4 is 17.3 Å². The molecule has 1 unspecified atom stereocenters. The summed E-state index contributed by atoms with van der Waals surface area (Å²) in [5, 5.41) is 0. The van der Waals surface area contributed by atoms with Crippen LogP contribution in [-0.4, -0.2) is 21.4 Å². The third-order valence-corrected chi connectivity index (χ3v) is 5.69. The molecule has 2 atom stereocenters. The standard InChI is InChI=1S/C18H26F2NO3S/c1-11(2)24-16(22)18(12-6-7-12,21-25(23)17(3,4)5)13-8-14(19)10-15(20)9-13/h8-12,21,23H,6-7H2,1-5H3/q+1/t18-,25?/m1/s1. The second-order valence-corrected chi connectivity index (χ2v) is 9.69. The molecular formula is C18H26F2NO3S+. The van der Waals surface area contributed by atoms with Crippen LogP contribution in [0.4, 0.5) is 8.78 Å². The average molecular weight is 374 g/mol. The van der Waals surface area contributed by atoms with Gasteiger partial charge in [-0.1, -0.05) is 4.72 Å². The van der Waals surface area contributed by atoms with Gasteiger partial charge in [-0.05, 0) is 71.1 Å². The Morgan fingerprint density at radius 2 is 1.76 bits per heavy atom. The normalized spacial score (nSPS) is 18.8. The van der Waals surface area contributed by atoms with Gasteiger partial charge in [0.1, 0.15) is 11.6 Å². The Bertz CT molecular complexity index is 623. The van der Waals surface area contributed by atoms with E-state index < -0.39 is 39.3 Å². The fraction of sp³-hybridized carbons (Fsp3) is 0.611. The van der Waals surface area contributed by atoms with Crippen molar-refractivity contribution in [3.8, 4) is 0 Å². The quantitative estimate of drug-likeness (QED) is 0.585. The predicted octanol–water partition coefficient (Wildman–Crippen LogP) is 3.92. The van der Waals surface area contributed by atoms with Crippen molar-refractivity contribution in [1.29, 1.82) is 0 Å². The molecule has 1 fully saturated rings. The fourth-order valence-corrected chi connectivity index (χ4v) is 3.59. The van der Waals surface area contributed by atoms with Crippen LogP contribution in [0.1, 0.15) is 53.0 Å². The van der Waals surface area contributed by atoms with E-state index in [2.05, 4.69) is 4.72 Å². The Morgan fingerprint density at radius 3 is 2.16 bits per heavy atom. The van der Waals surface area contributed by atoms with Gasteiger partial charge in [-0.25, -0.2) is 13.6 Å². The number of benzene rings is 1. The van der Waals surface area contributed by atoms with E-state index in [9.17, 15) is 18.1 Å². The number of carbonyl (C=O) groups is 1. The van der Waals surface area contributed by atoms with Gasteiger partial charge < -0.3 is 4.74 Å². The first-order valence-electron chi connectivity index (χ1n) is 8.35. The van der Waals surface area contributed by atoms with Crippen molar-refractivity contribution in [2.75, 3.05) is 0 Å². The van der Waals surface area contributed by atoms with E-state index in [1.807, 2.05) is 20.8 Å². The number of ether oxygens (including phenoxy) is 1. The highest BCUT2D eigenvalue weighted by molar-refractivity contribution is 7.91. The van der Waals surface area contributed by atoms with E-state index in [0.29, 0.717) is 12.8 Å². The summed E-state index contributed by atoms with van der Waals surface area (Å²) in [7, 11) is 0. The second-order valence-electron chi connectivity index (χ2n) is 7.69. The molecule has 0 saturated heterocycles. The topological polar surface area (TPSA) is 58.6 Å². The van der Waals surface area contributed by atoms with Gasteiger partial charge in [-0.3, -0.25) is 0 Å². The number of esters is 1. The van der Waals surface area contributed by atoms with Gasteiger partial charge in [0, 0.05) is 6.07 Å². The van der Waals surface area contributed by atoms with Crippen LogP contribution >= 0.6 is 0 Å². The summed E-state index contributed by atoms with van der Waals surface area (Å²) in [6.07, 6.45) is 1.03. The number of carbonyl (C=O) groups excluding carboxylic acids is 1. The van der Waals surface area contributed by atoms with Crippen LogP contribution in [0, 0.1) is 17.6 Å². The van der Waals surface area contributed by atoms with Gasteiger partial charge in [-0.15, -0.1) is 0 Å². The molecule has 0 bridgehead atoms. The van der Waals surface area contributed by atoms with Crippen molar-refractivity contribution in [2.45, 2.75) is 63.9 Å². The number of hydrogen-bond acceptors (Lipinski definition) is 4. The van der Waals surface area contributed by atoms with E-state index in [-0.39, 0.29) is 17.6 Å². The maximum Gasteiger partial charge on any atom is 0.336 e. The first-order valence-corrected chi connectivity index (χ1v) is 9.54. The molecule has 1 aliphatic rings. The van der Waals surface area contributed by atoms with E-state index in [4.69, 9.17) is 4.74 Å². The molecule has 140 valence electrons. The van der Waals surface area contributed by atoms with Crippen LogP contribution in [0.15, 0.2) is 18.2 Å². The third-order valence-electron chi connectivity index (χ3n) is 4.01. The molecule has 1 aliphatic carbocycles. The minimum atomic E-state index is -1.47. The lowest BCUT2D eigenvalue weighted by atomic mass is 9.85. The second kappa shape index (κ2) is 7.21. The van der Waals surface area contributed by atoms with Gasteiger partial charge in [-0.2, -0.15) is 4.55 Å². The maximum absolute atomic E-state index is 13.9. The van der Waals surface area contributed by atoms with Crippen LogP contribution in [0.2, 0.25) is 0 Å².